The molecule has 0 saturated carbocycles. The van der Waals surface area contributed by atoms with E-state index in [2.05, 4.69) is 12.2 Å². The predicted molar refractivity (Wildman–Crippen MR) is 61.8 cm³/mol. The first-order valence-corrected chi connectivity index (χ1v) is 5.41. The lowest BCUT2D eigenvalue weighted by Crippen LogP contribution is -2.36. The summed E-state index contributed by atoms with van der Waals surface area (Å²) in [6.07, 6.45) is 8.67. The summed E-state index contributed by atoms with van der Waals surface area (Å²) in [4.78, 5) is 0. The number of methoxy groups -OCH3 is 2. The van der Waals surface area contributed by atoms with Crippen molar-refractivity contribution in [2.24, 2.45) is 0 Å². The van der Waals surface area contributed by atoms with Gasteiger partial charge in [0, 0.05) is 19.8 Å². The Morgan fingerprint density at radius 3 is 2.38 bits per heavy atom. The number of allylic oxidation sites excluding steroid dienone is 3. The van der Waals surface area contributed by atoms with Gasteiger partial charge in [0.25, 0.3) is 0 Å². The molecule has 88 valence electrons. The number of ether oxygens (including phenoxy) is 3. The number of rotatable bonds is 2. The van der Waals surface area contributed by atoms with Crippen LogP contribution in [0.25, 0.3) is 0 Å². The van der Waals surface area contributed by atoms with Gasteiger partial charge in [-0.25, -0.2) is 0 Å². The molecule has 0 aromatic heterocycles. The molecule has 0 aromatic rings. The van der Waals surface area contributed by atoms with E-state index in [1.165, 1.54) is 0 Å². The molecule has 1 heterocycles. The lowest BCUT2D eigenvalue weighted by Gasteiger charge is -2.37. The minimum absolute atomic E-state index is 0.253. The normalized spacial score (nSPS) is 25.2. The summed E-state index contributed by atoms with van der Waals surface area (Å²) >= 11 is 0. The van der Waals surface area contributed by atoms with Crippen molar-refractivity contribution in [3.8, 4) is 0 Å². The van der Waals surface area contributed by atoms with E-state index < -0.39 is 5.79 Å². The fourth-order valence-electron chi connectivity index (χ4n) is 1.94. The molecule has 1 aliphatic carbocycles. The van der Waals surface area contributed by atoms with Crippen molar-refractivity contribution in [1.82, 2.24) is 0 Å². The molecule has 0 atom stereocenters. The maximum atomic E-state index is 5.92. The Balaban J connectivity index is 2.27. The molecule has 3 nitrogen and oxygen atoms in total. The third-order valence-electron chi connectivity index (χ3n) is 2.99. The van der Waals surface area contributed by atoms with Crippen molar-refractivity contribution in [3.05, 3.63) is 35.6 Å². The lowest BCUT2D eigenvalue weighted by molar-refractivity contribution is -0.177. The summed E-state index contributed by atoms with van der Waals surface area (Å²) in [7, 11) is 3.28. The van der Waals surface area contributed by atoms with E-state index in [0.717, 1.165) is 11.3 Å². The summed E-state index contributed by atoms with van der Waals surface area (Å²) < 4.78 is 16.7. The first-order chi connectivity index (χ1) is 7.50. The molecular formula is C13H18O3. The van der Waals surface area contributed by atoms with Crippen LogP contribution in [-0.4, -0.2) is 25.6 Å². The molecule has 0 spiro atoms. The Labute approximate surface area is 96.4 Å². The Morgan fingerprint density at radius 1 is 1.12 bits per heavy atom. The number of hydrogen-bond acceptors (Lipinski definition) is 3. The molecule has 0 N–H and O–H groups in total. The highest BCUT2D eigenvalue weighted by atomic mass is 16.7. The fourth-order valence-corrected chi connectivity index (χ4v) is 1.94. The van der Waals surface area contributed by atoms with Crippen LogP contribution >= 0.6 is 0 Å². The molecule has 0 saturated heterocycles. The van der Waals surface area contributed by atoms with E-state index in [1.54, 1.807) is 14.2 Å². The average Bonchev–Trinajstić information content (AvgIpc) is 2.27. The van der Waals surface area contributed by atoms with Gasteiger partial charge in [-0.05, 0) is 26.0 Å². The third-order valence-corrected chi connectivity index (χ3v) is 2.99. The Hall–Kier alpha value is -1.06. The highest BCUT2D eigenvalue weighted by Gasteiger charge is 2.35. The van der Waals surface area contributed by atoms with Gasteiger partial charge in [-0.1, -0.05) is 12.2 Å². The van der Waals surface area contributed by atoms with Gasteiger partial charge in [-0.3, -0.25) is 0 Å². The zero-order valence-corrected chi connectivity index (χ0v) is 10.2. The molecule has 0 radical (unpaired) electrons. The van der Waals surface area contributed by atoms with Gasteiger partial charge in [-0.15, -0.1) is 0 Å². The van der Waals surface area contributed by atoms with Crippen molar-refractivity contribution in [3.63, 3.8) is 0 Å². The summed E-state index contributed by atoms with van der Waals surface area (Å²) in [6, 6.07) is 0. The Morgan fingerprint density at radius 2 is 1.75 bits per heavy atom. The highest BCUT2D eigenvalue weighted by molar-refractivity contribution is 5.41. The minimum atomic E-state index is -0.680. The molecule has 0 unspecified atom stereocenters. The summed E-state index contributed by atoms with van der Waals surface area (Å²) in [5, 5.41) is 0. The molecule has 0 aromatic carbocycles. The summed E-state index contributed by atoms with van der Waals surface area (Å²) in [6.45, 7) is 4.07. The van der Waals surface area contributed by atoms with Crippen LogP contribution in [0, 0.1) is 0 Å². The van der Waals surface area contributed by atoms with Crippen LogP contribution in [0.15, 0.2) is 35.6 Å². The van der Waals surface area contributed by atoms with Gasteiger partial charge in [0.2, 0.25) is 0 Å². The molecule has 1 aliphatic heterocycles. The molecule has 2 aliphatic rings. The van der Waals surface area contributed by atoms with Crippen LogP contribution in [0.4, 0.5) is 0 Å². The standard InChI is InChI=1S/C13H18O3/c1-12(2)7-5-10-6-8-13(14-3,15-4)9-11(10)16-12/h5-8H,9H2,1-4H3. The summed E-state index contributed by atoms with van der Waals surface area (Å²) in [5.74, 6) is 0.249. The second-order valence-electron chi connectivity index (χ2n) is 4.65. The van der Waals surface area contributed by atoms with Crippen molar-refractivity contribution in [2.75, 3.05) is 14.2 Å². The predicted octanol–water partition coefficient (Wildman–Crippen LogP) is 2.55. The lowest BCUT2D eigenvalue weighted by atomic mass is 9.94. The molecule has 0 amide bonds. The second-order valence-corrected chi connectivity index (χ2v) is 4.65. The molecule has 3 heteroatoms. The molecule has 0 bridgehead atoms. The van der Waals surface area contributed by atoms with E-state index in [9.17, 15) is 0 Å². The van der Waals surface area contributed by atoms with Gasteiger partial charge >= 0.3 is 0 Å². The van der Waals surface area contributed by atoms with Gasteiger partial charge in [-0.2, -0.15) is 0 Å². The van der Waals surface area contributed by atoms with Gasteiger partial charge in [0.05, 0.1) is 6.42 Å². The first kappa shape index (κ1) is 11.4. The third kappa shape index (κ3) is 1.93. The smallest absolute Gasteiger partial charge is 0.194 e. The quantitative estimate of drug-likeness (QED) is 0.672. The van der Waals surface area contributed by atoms with Crippen molar-refractivity contribution in [2.45, 2.75) is 31.7 Å². The fraction of sp³-hybridized carbons (Fsp3) is 0.538. The van der Waals surface area contributed by atoms with E-state index in [4.69, 9.17) is 14.2 Å². The van der Waals surface area contributed by atoms with Crippen LogP contribution in [0.5, 0.6) is 0 Å². The second kappa shape index (κ2) is 3.75. The Bertz CT molecular complexity index is 371. The SMILES string of the molecule is COC1(OC)C=CC2=C(C1)OC(C)(C)C=C2. The largest absolute Gasteiger partial charge is 0.487 e. The molecule has 2 rings (SSSR count). The van der Waals surface area contributed by atoms with Crippen LogP contribution in [0.3, 0.4) is 0 Å². The van der Waals surface area contributed by atoms with Crippen molar-refractivity contribution in [1.29, 1.82) is 0 Å². The van der Waals surface area contributed by atoms with E-state index >= 15 is 0 Å². The molecule has 0 fully saturated rings. The first-order valence-electron chi connectivity index (χ1n) is 5.41. The zero-order valence-electron chi connectivity index (χ0n) is 10.2. The topological polar surface area (TPSA) is 27.7 Å². The monoisotopic (exact) mass is 222 g/mol. The minimum Gasteiger partial charge on any atom is -0.487 e. The van der Waals surface area contributed by atoms with Crippen LogP contribution in [0.1, 0.15) is 20.3 Å². The maximum absolute atomic E-state index is 5.92. The highest BCUT2D eigenvalue weighted by Crippen LogP contribution is 2.36. The van der Waals surface area contributed by atoms with Crippen LogP contribution in [-0.2, 0) is 14.2 Å². The number of hydrogen-bond donors (Lipinski definition) is 0. The van der Waals surface area contributed by atoms with E-state index in [-0.39, 0.29) is 5.60 Å². The Kier molecular flexibility index (Phi) is 2.68. The maximum Gasteiger partial charge on any atom is 0.194 e. The van der Waals surface area contributed by atoms with Gasteiger partial charge in [0.1, 0.15) is 11.4 Å². The van der Waals surface area contributed by atoms with Gasteiger partial charge < -0.3 is 14.2 Å². The van der Waals surface area contributed by atoms with Gasteiger partial charge in [0.15, 0.2) is 5.79 Å². The van der Waals surface area contributed by atoms with Crippen LogP contribution in [0.2, 0.25) is 0 Å². The summed E-state index contributed by atoms with van der Waals surface area (Å²) in [5.41, 5.74) is 0.848. The molecule has 16 heavy (non-hydrogen) atoms. The van der Waals surface area contributed by atoms with Crippen molar-refractivity contribution < 1.29 is 14.2 Å². The van der Waals surface area contributed by atoms with E-state index in [0.29, 0.717) is 6.42 Å². The van der Waals surface area contributed by atoms with E-state index in [1.807, 2.05) is 26.0 Å². The van der Waals surface area contributed by atoms with Crippen LogP contribution < -0.4 is 0 Å². The average molecular weight is 222 g/mol. The van der Waals surface area contributed by atoms with Crippen molar-refractivity contribution >= 4 is 0 Å². The molecular weight excluding hydrogens is 204 g/mol. The zero-order chi connectivity index (χ0) is 11.8.